The van der Waals surface area contributed by atoms with Crippen LogP contribution in [0.25, 0.3) is 0 Å². The first-order valence-corrected chi connectivity index (χ1v) is 6.92. The predicted octanol–water partition coefficient (Wildman–Crippen LogP) is 1.86. The summed E-state index contributed by atoms with van der Waals surface area (Å²) in [7, 11) is 0. The maximum absolute atomic E-state index is 12.1. The summed E-state index contributed by atoms with van der Waals surface area (Å²) in [6, 6.07) is 4.70. The molecule has 1 heterocycles. The second-order valence-corrected chi connectivity index (χ2v) is 5.47. The van der Waals surface area contributed by atoms with Crippen molar-refractivity contribution in [3.8, 4) is 0 Å². The highest BCUT2D eigenvalue weighted by Gasteiger charge is 2.33. The van der Waals surface area contributed by atoms with Crippen molar-refractivity contribution in [2.75, 3.05) is 18.4 Å². The third kappa shape index (κ3) is 3.65. The number of carboxylic acid groups (broad SMARTS) is 1. The van der Waals surface area contributed by atoms with Crippen LogP contribution in [-0.2, 0) is 14.4 Å². The molecule has 6 nitrogen and oxygen atoms in total. The molecule has 1 aromatic carbocycles. The van der Waals surface area contributed by atoms with Crippen LogP contribution in [0.2, 0.25) is 10.0 Å². The minimum atomic E-state index is -1.51. The fourth-order valence-corrected chi connectivity index (χ4v) is 2.41. The van der Waals surface area contributed by atoms with Crippen molar-refractivity contribution in [1.82, 2.24) is 4.90 Å². The lowest BCUT2D eigenvalue weighted by Crippen LogP contribution is -2.35. The summed E-state index contributed by atoms with van der Waals surface area (Å²) >= 11 is 11.6. The smallest absolute Gasteiger partial charge is 0.394 e. The van der Waals surface area contributed by atoms with E-state index in [1.54, 1.807) is 12.1 Å². The van der Waals surface area contributed by atoms with Gasteiger partial charge in [0.25, 0.3) is 0 Å². The van der Waals surface area contributed by atoms with E-state index in [4.69, 9.17) is 28.3 Å². The maximum atomic E-state index is 12.1. The van der Waals surface area contributed by atoms with E-state index in [2.05, 4.69) is 5.32 Å². The van der Waals surface area contributed by atoms with Gasteiger partial charge in [-0.15, -0.1) is 0 Å². The standard InChI is InChI=1S/C13H12Cl2N2O4/c14-9-2-1-8(5-10(9)15)16-11(18)7-3-4-17(6-7)12(19)13(20)21/h1-2,5,7H,3-4,6H2,(H,16,18)(H,20,21)/t7-/m0/s1. The predicted molar refractivity (Wildman–Crippen MR) is 77.4 cm³/mol. The Kier molecular flexibility index (Phi) is 4.69. The maximum Gasteiger partial charge on any atom is 0.394 e. The molecule has 2 N–H and O–H groups in total. The Morgan fingerprint density at radius 2 is 1.95 bits per heavy atom. The molecule has 0 bridgehead atoms. The summed E-state index contributed by atoms with van der Waals surface area (Å²) in [5.41, 5.74) is 0.498. The number of nitrogens with zero attached hydrogens (tertiary/aromatic N) is 1. The Labute approximate surface area is 130 Å². The molecule has 112 valence electrons. The molecule has 1 aromatic rings. The Balaban J connectivity index is 1.97. The van der Waals surface area contributed by atoms with Crippen LogP contribution in [0.15, 0.2) is 18.2 Å². The lowest BCUT2D eigenvalue weighted by molar-refractivity contribution is -0.155. The minimum Gasteiger partial charge on any atom is -0.474 e. The minimum absolute atomic E-state index is 0.0955. The molecule has 0 aromatic heterocycles. The summed E-state index contributed by atoms with van der Waals surface area (Å²) in [5, 5.41) is 12.0. The molecule has 0 saturated carbocycles. The van der Waals surface area contributed by atoms with Crippen molar-refractivity contribution in [1.29, 1.82) is 0 Å². The van der Waals surface area contributed by atoms with Gasteiger partial charge in [0.15, 0.2) is 0 Å². The van der Waals surface area contributed by atoms with Gasteiger partial charge >= 0.3 is 11.9 Å². The molecule has 0 aliphatic carbocycles. The van der Waals surface area contributed by atoms with Crippen molar-refractivity contribution in [3.05, 3.63) is 28.2 Å². The molecule has 8 heteroatoms. The normalized spacial score (nSPS) is 17.6. The fourth-order valence-electron chi connectivity index (χ4n) is 2.11. The number of likely N-dealkylation sites (tertiary alicyclic amines) is 1. The van der Waals surface area contributed by atoms with Gasteiger partial charge < -0.3 is 15.3 Å². The first-order valence-electron chi connectivity index (χ1n) is 6.16. The zero-order chi connectivity index (χ0) is 15.6. The summed E-state index contributed by atoms with van der Waals surface area (Å²) in [4.78, 5) is 35.2. The number of nitrogens with one attached hydrogen (secondary N) is 1. The zero-order valence-electron chi connectivity index (χ0n) is 10.8. The number of aliphatic carboxylic acids is 1. The van der Waals surface area contributed by atoms with Crippen LogP contribution in [0.3, 0.4) is 0 Å². The van der Waals surface area contributed by atoms with Gasteiger partial charge in [-0.3, -0.25) is 9.59 Å². The van der Waals surface area contributed by atoms with Crippen LogP contribution < -0.4 is 5.32 Å². The third-order valence-corrected chi connectivity index (χ3v) is 3.96. The third-order valence-electron chi connectivity index (χ3n) is 3.22. The van der Waals surface area contributed by atoms with Gasteiger partial charge in [-0.05, 0) is 24.6 Å². The summed E-state index contributed by atoms with van der Waals surface area (Å²) in [6.45, 7) is 0.350. The number of halogens is 2. The van der Waals surface area contributed by atoms with Crippen molar-refractivity contribution in [3.63, 3.8) is 0 Å². The van der Waals surface area contributed by atoms with Crippen LogP contribution >= 0.6 is 23.2 Å². The van der Waals surface area contributed by atoms with E-state index in [1.807, 2.05) is 0 Å². The molecular weight excluding hydrogens is 319 g/mol. The molecular formula is C13H12Cl2N2O4. The van der Waals surface area contributed by atoms with Gasteiger partial charge in [0.2, 0.25) is 5.91 Å². The monoisotopic (exact) mass is 330 g/mol. The van der Waals surface area contributed by atoms with Gasteiger partial charge in [-0.2, -0.15) is 0 Å². The Bertz CT molecular complexity index is 606. The molecule has 1 aliphatic rings. The van der Waals surface area contributed by atoms with E-state index in [0.717, 1.165) is 4.90 Å². The number of carboxylic acids is 1. The zero-order valence-corrected chi connectivity index (χ0v) is 12.3. The molecule has 1 aliphatic heterocycles. The van der Waals surface area contributed by atoms with Crippen molar-refractivity contribution in [2.24, 2.45) is 5.92 Å². The van der Waals surface area contributed by atoms with Gasteiger partial charge in [0.05, 0.1) is 16.0 Å². The summed E-state index contributed by atoms with van der Waals surface area (Å²) in [6.07, 6.45) is 0.423. The number of carbonyl (C=O) groups is 3. The molecule has 1 atom stereocenters. The molecule has 1 saturated heterocycles. The number of carbonyl (C=O) groups excluding carboxylic acids is 2. The summed E-state index contributed by atoms with van der Waals surface area (Å²) < 4.78 is 0. The molecule has 0 unspecified atom stereocenters. The molecule has 1 fully saturated rings. The average molecular weight is 331 g/mol. The Morgan fingerprint density at radius 1 is 1.24 bits per heavy atom. The highest BCUT2D eigenvalue weighted by atomic mass is 35.5. The van der Waals surface area contributed by atoms with Crippen molar-refractivity contribution >= 4 is 46.7 Å². The molecule has 0 radical (unpaired) electrons. The lowest BCUT2D eigenvalue weighted by atomic mass is 10.1. The topological polar surface area (TPSA) is 86.7 Å². The van der Waals surface area contributed by atoms with Crippen LogP contribution in [0.1, 0.15) is 6.42 Å². The summed E-state index contributed by atoms with van der Waals surface area (Å²) in [5.74, 6) is -3.22. The van der Waals surface area contributed by atoms with Crippen LogP contribution in [0.5, 0.6) is 0 Å². The van der Waals surface area contributed by atoms with E-state index >= 15 is 0 Å². The highest BCUT2D eigenvalue weighted by Crippen LogP contribution is 2.26. The average Bonchev–Trinajstić information content (AvgIpc) is 2.91. The van der Waals surface area contributed by atoms with Crippen LogP contribution in [-0.4, -0.2) is 40.9 Å². The van der Waals surface area contributed by atoms with Gasteiger partial charge in [-0.25, -0.2) is 4.79 Å². The second kappa shape index (κ2) is 6.32. The van der Waals surface area contributed by atoms with E-state index in [0.29, 0.717) is 22.2 Å². The van der Waals surface area contributed by atoms with Crippen LogP contribution in [0, 0.1) is 5.92 Å². The van der Waals surface area contributed by atoms with Gasteiger partial charge in [-0.1, -0.05) is 23.2 Å². The van der Waals surface area contributed by atoms with Crippen molar-refractivity contribution < 1.29 is 19.5 Å². The highest BCUT2D eigenvalue weighted by molar-refractivity contribution is 6.42. The second-order valence-electron chi connectivity index (χ2n) is 4.66. The largest absolute Gasteiger partial charge is 0.474 e. The lowest BCUT2D eigenvalue weighted by Gasteiger charge is -2.14. The number of rotatable bonds is 2. The van der Waals surface area contributed by atoms with Crippen LogP contribution in [0.4, 0.5) is 5.69 Å². The fraction of sp³-hybridized carbons (Fsp3) is 0.308. The Hall–Kier alpha value is -1.79. The van der Waals surface area contributed by atoms with E-state index in [-0.39, 0.29) is 19.0 Å². The number of hydrogen-bond acceptors (Lipinski definition) is 3. The molecule has 2 rings (SSSR count). The van der Waals surface area contributed by atoms with Gasteiger partial charge in [0.1, 0.15) is 0 Å². The number of amides is 2. The molecule has 2 amide bonds. The first-order chi connectivity index (χ1) is 9.88. The number of benzene rings is 1. The van der Waals surface area contributed by atoms with E-state index in [1.165, 1.54) is 6.07 Å². The van der Waals surface area contributed by atoms with Crippen molar-refractivity contribution in [2.45, 2.75) is 6.42 Å². The SMILES string of the molecule is O=C(O)C(=O)N1CC[C@H](C(=O)Nc2ccc(Cl)c(Cl)c2)C1. The van der Waals surface area contributed by atoms with E-state index < -0.39 is 17.8 Å². The molecule has 21 heavy (non-hydrogen) atoms. The number of anilines is 1. The molecule has 0 spiro atoms. The van der Waals surface area contributed by atoms with E-state index in [9.17, 15) is 14.4 Å². The van der Waals surface area contributed by atoms with Gasteiger partial charge in [0, 0.05) is 18.8 Å². The Morgan fingerprint density at radius 3 is 2.57 bits per heavy atom. The first kappa shape index (κ1) is 15.6. The number of hydrogen-bond donors (Lipinski definition) is 2. The quantitative estimate of drug-likeness (QED) is 0.810.